The molecule has 2 heterocycles. The van der Waals surface area contributed by atoms with Crippen LogP contribution in [0.5, 0.6) is 0 Å². The molecule has 2 N–H and O–H groups in total. The smallest absolute Gasteiger partial charge is 0.140 e. The first-order chi connectivity index (χ1) is 8.78. The first-order valence-electron chi connectivity index (χ1n) is 6.20. The average molecular weight is 243 g/mol. The third-order valence-electron chi connectivity index (χ3n) is 3.31. The van der Waals surface area contributed by atoms with Crippen LogP contribution in [0.4, 0.5) is 0 Å². The Morgan fingerprint density at radius 2 is 2.06 bits per heavy atom. The van der Waals surface area contributed by atoms with Gasteiger partial charge in [0.05, 0.1) is 24.9 Å². The molecule has 0 amide bonds. The Bertz CT molecular complexity index is 541. The summed E-state index contributed by atoms with van der Waals surface area (Å²) in [5.41, 5.74) is 8.93. The third kappa shape index (κ3) is 1.94. The lowest BCUT2D eigenvalue weighted by molar-refractivity contribution is -0.0226. The van der Waals surface area contributed by atoms with Gasteiger partial charge in [-0.2, -0.15) is 0 Å². The van der Waals surface area contributed by atoms with Crippen molar-refractivity contribution < 1.29 is 4.74 Å². The van der Waals surface area contributed by atoms with E-state index < -0.39 is 0 Å². The number of nitrogens with zero attached hydrogens (tertiary/aromatic N) is 2. The second-order valence-corrected chi connectivity index (χ2v) is 4.71. The van der Waals surface area contributed by atoms with E-state index in [9.17, 15) is 0 Å². The number of aromatic nitrogens is 2. The fourth-order valence-electron chi connectivity index (χ4n) is 2.18. The van der Waals surface area contributed by atoms with Crippen LogP contribution in [-0.2, 0) is 11.3 Å². The van der Waals surface area contributed by atoms with Crippen molar-refractivity contribution in [2.24, 2.45) is 5.73 Å². The van der Waals surface area contributed by atoms with Crippen molar-refractivity contribution in [3.05, 3.63) is 41.7 Å². The SMILES string of the molecule is Cc1cn(C2COC2)c(-c2ccc(CN)cc2)n1. The molecule has 18 heavy (non-hydrogen) atoms. The van der Waals surface area contributed by atoms with Crippen molar-refractivity contribution in [1.29, 1.82) is 0 Å². The van der Waals surface area contributed by atoms with E-state index in [1.54, 1.807) is 0 Å². The summed E-state index contributed by atoms with van der Waals surface area (Å²) >= 11 is 0. The number of aryl methyl sites for hydroxylation is 1. The maximum Gasteiger partial charge on any atom is 0.140 e. The monoisotopic (exact) mass is 243 g/mol. The molecule has 0 bridgehead atoms. The van der Waals surface area contributed by atoms with Crippen molar-refractivity contribution in [3.63, 3.8) is 0 Å². The minimum Gasteiger partial charge on any atom is -0.377 e. The van der Waals surface area contributed by atoms with Crippen molar-refractivity contribution in [2.75, 3.05) is 13.2 Å². The van der Waals surface area contributed by atoms with E-state index in [2.05, 4.69) is 40.0 Å². The summed E-state index contributed by atoms with van der Waals surface area (Å²) in [6, 6.07) is 8.71. The third-order valence-corrected chi connectivity index (χ3v) is 3.31. The van der Waals surface area contributed by atoms with E-state index in [1.165, 1.54) is 0 Å². The van der Waals surface area contributed by atoms with Crippen molar-refractivity contribution in [3.8, 4) is 11.4 Å². The maximum absolute atomic E-state index is 5.61. The fourth-order valence-corrected chi connectivity index (χ4v) is 2.18. The molecule has 0 spiro atoms. The summed E-state index contributed by atoms with van der Waals surface area (Å²) < 4.78 is 7.48. The zero-order chi connectivity index (χ0) is 12.5. The molecule has 1 aliphatic rings. The summed E-state index contributed by atoms with van der Waals surface area (Å²) in [4.78, 5) is 4.62. The maximum atomic E-state index is 5.61. The van der Waals surface area contributed by atoms with Crippen LogP contribution >= 0.6 is 0 Å². The zero-order valence-electron chi connectivity index (χ0n) is 10.5. The number of nitrogens with two attached hydrogens (primary N) is 1. The summed E-state index contributed by atoms with van der Waals surface area (Å²) in [6.07, 6.45) is 2.10. The van der Waals surface area contributed by atoms with E-state index in [0.29, 0.717) is 12.6 Å². The van der Waals surface area contributed by atoms with Crippen LogP contribution in [0.2, 0.25) is 0 Å². The predicted octanol–water partition coefficient (Wildman–Crippen LogP) is 1.89. The molecular formula is C14H17N3O. The normalized spacial score (nSPS) is 15.7. The summed E-state index contributed by atoms with van der Waals surface area (Å²) in [6.45, 7) is 4.16. The molecule has 4 heteroatoms. The molecular weight excluding hydrogens is 226 g/mol. The van der Waals surface area contributed by atoms with E-state index in [1.807, 2.05) is 6.92 Å². The Morgan fingerprint density at radius 1 is 1.33 bits per heavy atom. The Morgan fingerprint density at radius 3 is 2.61 bits per heavy atom. The van der Waals surface area contributed by atoms with Gasteiger partial charge in [0, 0.05) is 18.3 Å². The van der Waals surface area contributed by atoms with E-state index in [4.69, 9.17) is 10.5 Å². The number of benzene rings is 1. The number of imidazole rings is 1. The lowest BCUT2D eigenvalue weighted by atomic mass is 10.1. The first-order valence-corrected chi connectivity index (χ1v) is 6.20. The lowest BCUT2D eigenvalue weighted by Crippen LogP contribution is -2.30. The Kier molecular flexibility index (Phi) is 2.89. The molecule has 0 unspecified atom stereocenters. The standard InChI is InChI=1S/C14H17N3O/c1-10-7-17(13-8-18-9-13)14(16-10)12-4-2-11(6-15)3-5-12/h2-5,7,13H,6,8-9,15H2,1H3. The molecule has 0 aliphatic carbocycles. The van der Waals surface area contributed by atoms with Gasteiger partial charge in [-0.1, -0.05) is 24.3 Å². The molecule has 1 fully saturated rings. The number of ether oxygens (including phenoxy) is 1. The first kappa shape index (κ1) is 11.4. The number of hydrogen-bond acceptors (Lipinski definition) is 3. The summed E-state index contributed by atoms with van der Waals surface area (Å²) in [7, 11) is 0. The molecule has 0 atom stereocenters. The number of hydrogen-bond donors (Lipinski definition) is 1. The van der Waals surface area contributed by atoms with Crippen molar-refractivity contribution >= 4 is 0 Å². The van der Waals surface area contributed by atoms with Gasteiger partial charge in [0.1, 0.15) is 5.82 Å². The molecule has 1 aromatic heterocycles. The Hall–Kier alpha value is -1.65. The number of rotatable bonds is 3. The molecule has 1 aromatic carbocycles. The van der Waals surface area contributed by atoms with Crippen LogP contribution in [0.25, 0.3) is 11.4 Å². The second kappa shape index (κ2) is 4.55. The molecule has 94 valence electrons. The fraction of sp³-hybridized carbons (Fsp3) is 0.357. The highest BCUT2D eigenvalue weighted by Crippen LogP contribution is 2.26. The van der Waals surface area contributed by atoms with Crippen molar-refractivity contribution in [2.45, 2.75) is 19.5 Å². The highest BCUT2D eigenvalue weighted by Gasteiger charge is 2.23. The Labute approximate surface area is 106 Å². The molecule has 1 aliphatic heterocycles. The largest absolute Gasteiger partial charge is 0.377 e. The predicted molar refractivity (Wildman–Crippen MR) is 70.1 cm³/mol. The van der Waals surface area contributed by atoms with Gasteiger partial charge in [-0.3, -0.25) is 0 Å². The van der Waals surface area contributed by atoms with Crippen molar-refractivity contribution in [1.82, 2.24) is 9.55 Å². The zero-order valence-corrected chi connectivity index (χ0v) is 10.5. The van der Waals surface area contributed by atoms with Gasteiger partial charge in [-0.05, 0) is 12.5 Å². The lowest BCUT2D eigenvalue weighted by Gasteiger charge is -2.28. The van der Waals surface area contributed by atoms with Gasteiger partial charge in [-0.15, -0.1) is 0 Å². The quantitative estimate of drug-likeness (QED) is 0.895. The van der Waals surface area contributed by atoms with Crippen LogP contribution in [0.15, 0.2) is 30.5 Å². The van der Waals surface area contributed by atoms with Crippen LogP contribution in [0.3, 0.4) is 0 Å². The molecule has 0 saturated carbocycles. The van der Waals surface area contributed by atoms with Gasteiger partial charge in [0.25, 0.3) is 0 Å². The van der Waals surface area contributed by atoms with Gasteiger partial charge < -0.3 is 15.0 Å². The van der Waals surface area contributed by atoms with Gasteiger partial charge in [-0.25, -0.2) is 4.98 Å². The molecule has 4 nitrogen and oxygen atoms in total. The van der Waals surface area contributed by atoms with E-state index in [0.717, 1.165) is 35.9 Å². The second-order valence-electron chi connectivity index (χ2n) is 4.71. The van der Waals surface area contributed by atoms with Gasteiger partial charge >= 0.3 is 0 Å². The van der Waals surface area contributed by atoms with Crippen LogP contribution in [-0.4, -0.2) is 22.8 Å². The molecule has 2 aromatic rings. The Balaban J connectivity index is 1.98. The topological polar surface area (TPSA) is 53.1 Å². The van der Waals surface area contributed by atoms with Crippen LogP contribution in [0, 0.1) is 6.92 Å². The summed E-state index contributed by atoms with van der Waals surface area (Å²) in [5, 5.41) is 0. The van der Waals surface area contributed by atoms with Crippen LogP contribution in [0.1, 0.15) is 17.3 Å². The van der Waals surface area contributed by atoms with Gasteiger partial charge in [0.15, 0.2) is 0 Å². The van der Waals surface area contributed by atoms with E-state index >= 15 is 0 Å². The van der Waals surface area contributed by atoms with Gasteiger partial charge in [0.2, 0.25) is 0 Å². The summed E-state index contributed by atoms with van der Waals surface area (Å²) in [5.74, 6) is 1.02. The highest BCUT2D eigenvalue weighted by molar-refractivity contribution is 5.57. The molecule has 3 rings (SSSR count). The highest BCUT2D eigenvalue weighted by atomic mass is 16.5. The minimum absolute atomic E-state index is 0.426. The van der Waals surface area contributed by atoms with E-state index in [-0.39, 0.29) is 0 Å². The molecule has 1 saturated heterocycles. The minimum atomic E-state index is 0.426. The van der Waals surface area contributed by atoms with Crippen LogP contribution < -0.4 is 5.73 Å². The molecule has 0 radical (unpaired) electrons. The average Bonchev–Trinajstić information content (AvgIpc) is 2.69.